The van der Waals surface area contributed by atoms with Gasteiger partial charge in [-0.15, -0.1) is 0 Å². The van der Waals surface area contributed by atoms with E-state index in [0.717, 1.165) is 6.42 Å². The largest absolute Gasteiger partial charge is 0.412 e. The molecule has 12 heavy (non-hydrogen) atoms. The fourth-order valence-corrected chi connectivity index (χ4v) is 2.26. The van der Waals surface area contributed by atoms with Gasteiger partial charge in [0.2, 0.25) is 0 Å². The van der Waals surface area contributed by atoms with Gasteiger partial charge in [0.1, 0.15) is 0 Å². The Labute approximate surface area is 76.6 Å². The molecule has 1 fully saturated rings. The summed E-state index contributed by atoms with van der Waals surface area (Å²) in [5.74, 6) is 0. The predicted molar refractivity (Wildman–Crippen MR) is 54.7 cm³/mol. The minimum atomic E-state index is -1.53. The number of nitrogens with two attached hydrogens (primary N) is 1. The summed E-state index contributed by atoms with van der Waals surface area (Å²) in [6.07, 6.45) is 1.43. The fraction of sp³-hybridized carbons (Fsp3) is 1.00. The molecule has 0 unspecified atom stereocenters. The molecule has 0 saturated heterocycles. The Hall–Kier alpha value is 0.137. The lowest BCUT2D eigenvalue weighted by molar-refractivity contribution is 0.268. The highest BCUT2D eigenvalue weighted by Gasteiger charge is 2.45. The minimum absolute atomic E-state index is 0.315. The summed E-state index contributed by atoms with van der Waals surface area (Å²) in [4.78, 5) is 0. The summed E-state index contributed by atoms with van der Waals surface area (Å²) < 4.78 is 6.04. The van der Waals surface area contributed by atoms with E-state index in [4.69, 9.17) is 10.2 Å². The highest BCUT2D eigenvalue weighted by molar-refractivity contribution is 6.74. The fourth-order valence-electron chi connectivity index (χ4n) is 0.880. The second-order valence-corrected chi connectivity index (χ2v) is 10.1. The molecule has 0 aromatic heterocycles. The lowest BCUT2D eigenvalue weighted by Crippen LogP contribution is -2.42. The van der Waals surface area contributed by atoms with Crippen LogP contribution >= 0.6 is 0 Å². The van der Waals surface area contributed by atoms with Gasteiger partial charge in [-0.3, -0.25) is 0 Å². The normalized spacial score (nSPS) is 30.5. The smallest absolute Gasteiger partial charge is 0.192 e. The third kappa shape index (κ3) is 2.09. The summed E-state index contributed by atoms with van der Waals surface area (Å²) in [7, 11) is -1.53. The van der Waals surface area contributed by atoms with Crippen LogP contribution in [0.1, 0.15) is 27.2 Å². The summed E-state index contributed by atoms with van der Waals surface area (Å²) in [5.41, 5.74) is 5.71. The molecule has 3 heteroatoms. The maximum absolute atomic E-state index is 6.04. The molecule has 0 bridgehead atoms. The molecule has 0 heterocycles. The van der Waals surface area contributed by atoms with Crippen molar-refractivity contribution in [2.45, 2.75) is 57.5 Å². The predicted octanol–water partition coefficient (Wildman–Crippen LogP) is 2.11. The van der Waals surface area contributed by atoms with Crippen molar-refractivity contribution in [2.24, 2.45) is 5.73 Å². The molecule has 1 aliphatic rings. The van der Waals surface area contributed by atoms with Crippen LogP contribution in [0.15, 0.2) is 0 Å². The molecule has 0 radical (unpaired) electrons. The van der Waals surface area contributed by atoms with Crippen molar-refractivity contribution in [1.82, 2.24) is 0 Å². The summed E-state index contributed by atoms with van der Waals surface area (Å²) >= 11 is 0. The molecular formula is C9H21NOSi. The Morgan fingerprint density at radius 2 is 1.75 bits per heavy atom. The van der Waals surface area contributed by atoms with E-state index >= 15 is 0 Å². The van der Waals surface area contributed by atoms with Gasteiger partial charge in [-0.1, -0.05) is 20.8 Å². The molecule has 2 nitrogen and oxygen atoms in total. The molecule has 0 amide bonds. The van der Waals surface area contributed by atoms with Crippen LogP contribution in [0.4, 0.5) is 0 Å². The van der Waals surface area contributed by atoms with Crippen molar-refractivity contribution in [1.29, 1.82) is 0 Å². The van der Waals surface area contributed by atoms with Crippen LogP contribution in [-0.4, -0.2) is 20.5 Å². The third-order valence-electron chi connectivity index (χ3n) is 3.03. The monoisotopic (exact) mass is 187 g/mol. The van der Waals surface area contributed by atoms with Crippen molar-refractivity contribution < 1.29 is 4.43 Å². The molecule has 72 valence electrons. The van der Waals surface area contributed by atoms with Gasteiger partial charge >= 0.3 is 0 Å². The first-order valence-corrected chi connectivity index (χ1v) is 7.58. The Morgan fingerprint density at radius 1 is 1.33 bits per heavy atom. The third-order valence-corrected chi connectivity index (χ3v) is 7.54. The van der Waals surface area contributed by atoms with E-state index in [1.807, 2.05) is 0 Å². The SMILES string of the molecule is CC(C)(C)[Si](C)(C)O[C@@H]1C[C@@H]1N. The Balaban J connectivity index is 2.48. The van der Waals surface area contributed by atoms with E-state index in [1.54, 1.807) is 0 Å². The lowest BCUT2D eigenvalue weighted by Gasteiger charge is -2.36. The van der Waals surface area contributed by atoms with Gasteiger partial charge < -0.3 is 10.2 Å². The Bertz CT molecular complexity index is 174. The average Bonchev–Trinajstić information content (AvgIpc) is 2.41. The highest BCUT2D eigenvalue weighted by Crippen LogP contribution is 2.40. The zero-order chi connectivity index (χ0) is 9.57. The molecule has 0 aliphatic heterocycles. The molecular weight excluding hydrogens is 166 g/mol. The summed E-state index contributed by atoms with van der Waals surface area (Å²) in [6, 6.07) is 0.319. The maximum atomic E-state index is 6.04. The van der Waals surface area contributed by atoms with Crippen molar-refractivity contribution >= 4 is 8.32 Å². The Kier molecular flexibility index (Phi) is 2.40. The van der Waals surface area contributed by atoms with Gasteiger partial charge in [-0.2, -0.15) is 0 Å². The van der Waals surface area contributed by atoms with E-state index in [9.17, 15) is 0 Å². The van der Waals surface area contributed by atoms with Gasteiger partial charge in [-0.25, -0.2) is 0 Å². The maximum Gasteiger partial charge on any atom is 0.192 e. The zero-order valence-electron chi connectivity index (χ0n) is 8.85. The highest BCUT2D eigenvalue weighted by atomic mass is 28.4. The molecule has 1 aliphatic carbocycles. The van der Waals surface area contributed by atoms with Crippen LogP contribution in [0.3, 0.4) is 0 Å². The first-order valence-electron chi connectivity index (χ1n) is 4.67. The second kappa shape index (κ2) is 2.82. The topological polar surface area (TPSA) is 35.2 Å². The van der Waals surface area contributed by atoms with Crippen molar-refractivity contribution in [3.8, 4) is 0 Å². The molecule has 1 saturated carbocycles. The number of rotatable bonds is 2. The first-order chi connectivity index (χ1) is 5.24. The summed E-state index contributed by atoms with van der Waals surface area (Å²) in [5, 5.41) is 0.315. The van der Waals surface area contributed by atoms with Gasteiger partial charge in [-0.05, 0) is 24.6 Å². The van der Waals surface area contributed by atoms with Gasteiger partial charge in [0, 0.05) is 6.04 Å². The van der Waals surface area contributed by atoms with Crippen LogP contribution in [0, 0.1) is 0 Å². The number of hydrogen-bond donors (Lipinski definition) is 1. The van der Waals surface area contributed by atoms with E-state index in [2.05, 4.69) is 33.9 Å². The van der Waals surface area contributed by atoms with Gasteiger partial charge in [0.05, 0.1) is 6.10 Å². The van der Waals surface area contributed by atoms with Crippen molar-refractivity contribution in [2.75, 3.05) is 0 Å². The van der Waals surface area contributed by atoms with E-state index < -0.39 is 8.32 Å². The number of hydrogen-bond acceptors (Lipinski definition) is 2. The van der Waals surface area contributed by atoms with Crippen LogP contribution in [0.2, 0.25) is 18.1 Å². The van der Waals surface area contributed by atoms with Crippen LogP contribution < -0.4 is 5.73 Å². The molecule has 0 aromatic rings. The Morgan fingerprint density at radius 3 is 2.00 bits per heavy atom. The zero-order valence-corrected chi connectivity index (χ0v) is 9.85. The molecule has 2 atom stereocenters. The molecule has 0 spiro atoms. The average molecular weight is 187 g/mol. The van der Waals surface area contributed by atoms with Gasteiger partial charge in [0.25, 0.3) is 0 Å². The standard InChI is InChI=1S/C9H21NOSi/c1-9(2,3)12(4,5)11-8-6-7(8)10/h7-8H,6,10H2,1-5H3/t7-,8+/m0/s1. The van der Waals surface area contributed by atoms with Crippen LogP contribution in [0.25, 0.3) is 0 Å². The lowest BCUT2D eigenvalue weighted by atomic mass is 10.2. The van der Waals surface area contributed by atoms with E-state index in [1.165, 1.54) is 0 Å². The molecule has 0 aromatic carbocycles. The molecule has 2 N–H and O–H groups in total. The van der Waals surface area contributed by atoms with Crippen LogP contribution in [-0.2, 0) is 4.43 Å². The quantitative estimate of drug-likeness (QED) is 0.672. The molecule has 1 rings (SSSR count). The van der Waals surface area contributed by atoms with Crippen molar-refractivity contribution in [3.63, 3.8) is 0 Å². The van der Waals surface area contributed by atoms with E-state index in [-0.39, 0.29) is 0 Å². The van der Waals surface area contributed by atoms with Gasteiger partial charge in [0.15, 0.2) is 8.32 Å². The second-order valence-electron chi connectivity index (χ2n) is 5.32. The van der Waals surface area contributed by atoms with Crippen molar-refractivity contribution in [3.05, 3.63) is 0 Å². The van der Waals surface area contributed by atoms with E-state index in [0.29, 0.717) is 17.2 Å². The summed E-state index contributed by atoms with van der Waals surface area (Å²) in [6.45, 7) is 11.3. The first kappa shape index (κ1) is 10.2. The minimum Gasteiger partial charge on any atom is -0.412 e. The van der Waals surface area contributed by atoms with Crippen LogP contribution in [0.5, 0.6) is 0 Å².